The van der Waals surface area contributed by atoms with Gasteiger partial charge in [-0.25, -0.2) is 4.98 Å². The van der Waals surface area contributed by atoms with E-state index in [-0.39, 0.29) is 12.5 Å². The second-order valence-corrected chi connectivity index (χ2v) is 4.59. The SMILES string of the molecule is Cc1cccc(N(C)C(=O)c2cccc(CN=[N+]=[N-])c2)n1. The van der Waals surface area contributed by atoms with Gasteiger partial charge in [-0.15, -0.1) is 0 Å². The van der Waals surface area contributed by atoms with Crippen LogP contribution in [0.2, 0.25) is 0 Å². The lowest BCUT2D eigenvalue weighted by Gasteiger charge is -2.17. The highest BCUT2D eigenvalue weighted by Gasteiger charge is 2.14. The molecular weight excluding hydrogens is 266 g/mol. The van der Waals surface area contributed by atoms with Crippen LogP contribution in [-0.2, 0) is 6.54 Å². The highest BCUT2D eigenvalue weighted by atomic mass is 16.2. The standard InChI is InChI=1S/C15H15N5O/c1-11-5-3-8-14(18-11)20(2)15(21)13-7-4-6-12(9-13)10-17-19-16/h3-9H,10H2,1-2H3. The first kappa shape index (κ1) is 14.6. The minimum absolute atomic E-state index is 0.157. The van der Waals surface area contributed by atoms with Crippen LogP contribution >= 0.6 is 0 Å². The lowest BCUT2D eigenvalue weighted by atomic mass is 10.1. The van der Waals surface area contributed by atoms with Crippen LogP contribution in [0.4, 0.5) is 5.82 Å². The van der Waals surface area contributed by atoms with Crippen molar-refractivity contribution in [2.75, 3.05) is 11.9 Å². The van der Waals surface area contributed by atoms with Crippen LogP contribution in [0.15, 0.2) is 47.6 Å². The smallest absolute Gasteiger partial charge is 0.259 e. The van der Waals surface area contributed by atoms with E-state index in [9.17, 15) is 4.79 Å². The number of aromatic nitrogens is 1. The van der Waals surface area contributed by atoms with Gasteiger partial charge in [0, 0.05) is 23.2 Å². The average molecular weight is 281 g/mol. The van der Waals surface area contributed by atoms with Crippen LogP contribution in [0.25, 0.3) is 10.4 Å². The second-order valence-electron chi connectivity index (χ2n) is 4.59. The Bertz CT molecular complexity index is 707. The Hall–Kier alpha value is -2.85. The summed E-state index contributed by atoms with van der Waals surface area (Å²) in [5, 5.41) is 3.50. The monoisotopic (exact) mass is 281 g/mol. The Morgan fingerprint density at radius 1 is 1.33 bits per heavy atom. The Morgan fingerprint density at radius 2 is 2.10 bits per heavy atom. The van der Waals surface area contributed by atoms with Gasteiger partial charge in [-0.3, -0.25) is 9.69 Å². The zero-order valence-electron chi connectivity index (χ0n) is 11.9. The highest BCUT2D eigenvalue weighted by Crippen LogP contribution is 2.15. The summed E-state index contributed by atoms with van der Waals surface area (Å²) in [6.45, 7) is 2.10. The zero-order valence-corrected chi connectivity index (χ0v) is 11.9. The van der Waals surface area contributed by atoms with Crippen LogP contribution < -0.4 is 4.90 Å². The third-order valence-electron chi connectivity index (χ3n) is 3.01. The molecule has 1 aromatic carbocycles. The molecule has 0 fully saturated rings. The number of hydrogen-bond donors (Lipinski definition) is 0. The number of amides is 1. The minimum Gasteiger partial charge on any atom is -0.296 e. The van der Waals surface area contributed by atoms with Crippen LogP contribution in [0, 0.1) is 6.92 Å². The van der Waals surface area contributed by atoms with E-state index >= 15 is 0 Å². The van der Waals surface area contributed by atoms with Gasteiger partial charge in [0.1, 0.15) is 5.82 Å². The molecule has 21 heavy (non-hydrogen) atoms. The summed E-state index contributed by atoms with van der Waals surface area (Å²) >= 11 is 0. The molecule has 0 aliphatic carbocycles. The van der Waals surface area contributed by atoms with Crippen molar-refractivity contribution in [1.82, 2.24) is 4.98 Å². The Morgan fingerprint density at radius 3 is 2.81 bits per heavy atom. The maximum absolute atomic E-state index is 12.5. The number of hydrogen-bond acceptors (Lipinski definition) is 3. The van der Waals surface area contributed by atoms with Gasteiger partial charge < -0.3 is 0 Å². The molecule has 0 saturated heterocycles. The van der Waals surface area contributed by atoms with Gasteiger partial charge in [-0.2, -0.15) is 0 Å². The van der Waals surface area contributed by atoms with Crippen LogP contribution in [0.3, 0.4) is 0 Å². The van der Waals surface area contributed by atoms with Gasteiger partial charge >= 0.3 is 0 Å². The molecule has 2 aromatic rings. The Labute approximate surface area is 122 Å². The predicted molar refractivity (Wildman–Crippen MR) is 81.0 cm³/mol. The van der Waals surface area contributed by atoms with Gasteiger partial charge in [0.05, 0.1) is 6.54 Å². The summed E-state index contributed by atoms with van der Waals surface area (Å²) in [5.74, 6) is 0.441. The third kappa shape index (κ3) is 3.58. The first-order valence-electron chi connectivity index (χ1n) is 6.43. The molecule has 1 aromatic heterocycles. The fourth-order valence-corrected chi connectivity index (χ4v) is 1.93. The fourth-order valence-electron chi connectivity index (χ4n) is 1.93. The van der Waals surface area contributed by atoms with E-state index in [2.05, 4.69) is 15.0 Å². The van der Waals surface area contributed by atoms with E-state index in [0.29, 0.717) is 11.4 Å². The highest BCUT2D eigenvalue weighted by molar-refractivity contribution is 6.05. The van der Waals surface area contributed by atoms with Crippen molar-refractivity contribution >= 4 is 11.7 Å². The molecule has 6 heteroatoms. The average Bonchev–Trinajstić information content (AvgIpc) is 2.51. The number of carbonyl (C=O) groups is 1. The first-order chi connectivity index (χ1) is 10.1. The van der Waals surface area contributed by atoms with Crippen molar-refractivity contribution in [2.45, 2.75) is 13.5 Å². The van der Waals surface area contributed by atoms with Gasteiger partial charge in [0.2, 0.25) is 0 Å². The number of carbonyl (C=O) groups excluding carboxylic acids is 1. The van der Waals surface area contributed by atoms with Gasteiger partial charge in [0.25, 0.3) is 5.91 Å². The zero-order chi connectivity index (χ0) is 15.2. The molecule has 2 rings (SSSR count). The summed E-state index contributed by atoms with van der Waals surface area (Å²) in [5.41, 5.74) is 10.5. The van der Waals surface area contributed by atoms with E-state index in [1.165, 1.54) is 4.90 Å². The summed E-state index contributed by atoms with van der Waals surface area (Å²) in [4.78, 5) is 21.0. The molecule has 106 valence electrons. The van der Waals surface area contributed by atoms with Crippen molar-refractivity contribution < 1.29 is 4.79 Å². The molecule has 0 N–H and O–H groups in total. The fraction of sp³-hybridized carbons (Fsp3) is 0.200. The van der Waals surface area contributed by atoms with Crippen molar-refractivity contribution in [3.8, 4) is 0 Å². The summed E-state index contributed by atoms with van der Waals surface area (Å²) < 4.78 is 0. The van der Waals surface area contributed by atoms with E-state index in [4.69, 9.17) is 5.53 Å². The predicted octanol–water partition coefficient (Wildman–Crippen LogP) is 3.48. The molecule has 1 amide bonds. The van der Waals surface area contributed by atoms with Gasteiger partial charge in [-0.05, 0) is 42.3 Å². The van der Waals surface area contributed by atoms with E-state index in [0.717, 1.165) is 11.3 Å². The second kappa shape index (κ2) is 6.54. The van der Waals surface area contributed by atoms with Crippen molar-refractivity contribution in [3.63, 3.8) is 0 Å². The van der Waals surface area contributed by atoms with Crippen LogP contribution in [0.1, 0.15) is 21.6 Å². The maximum Gasteiger partial charge on any atom is 0.259 e. The number of pyridine rings is 1. The molecule has 0 aliphatic rings. The quantitative estimate of drug-likeness (QED) is 0.488. The number of aryl methyl sites for hydroxylation is 1. The summed E-state index contributed by atoms with van der Waals surface area (Å²) in [7, 11) is 1.68. The van der Waals surface area contributed by atoms with E-state index in [1.54, 1.807) is 31.3 Å². The molecule has 0 spiro atoms. The molecule has 0 aliphatic heterocycles. The van der Waals surface area contributed by atoms with Gasteiger partial charge in [0.15, 0.2) is 0 Å². The van der Waals surface area contributed by atoms with Crippen molar-refractivity contribution in [1.29, 1.82) is 0 Å². The topological polar surface area (TPSA) is 82.0 Å². The third-order valence-corrected chi connectivity index (χ3v) is 3.01. The molecule has 0 unspecified atom stereocenters. The van der Waals surface area contributed by atoms with E-state index in [1.807, 2.05) is 25.1 Å². The molecule has 0 bridgehead atoms. The molecule has 0 saturated carbocycles. The van der Waals surface area contributed by atoms with Crippen LogP contribution in [0.5, 0.6) is 0 Å². The maximum atomic E-state index is 12.5. The lowest BCUT2D eigenvalue weighted by Crippen LogP contribution is -2.27. The molecule has 6 nitrogen and oxygen atoms in total. The molecular formula is C15H15N5O. The molecule has 0 atom stereocenters. The molecule has 0 radical (unpaired) electrons. The number of anilines is 1. The first-order valence-corrected chi connectivity index (χ1v) is 6.43. The number of nitrogens with zero attached hydrogens (tertiary/aromatic N) is 5. The van der Waals surface area contributed by atoms with Gasteiger partial charge in [-0.1, -0.05) is 23.3 Å². The largest absolute Gasteiger partial charge is 0.296 e. The normalized spacial score (nSPS) is 9.81. The lowest BCUT2D eigenvalue weighted by molar-refractivity contribution is 0.0992. The summed E-state index contributed by atoms with van der Waals surface area (Å²) in [6.07, 6.45) is 0. The number of benzene rings is 1. The minimum atomic E-state index is -0.157. The van der Waals surface area contributed by atoms with Crippen LogP contribution in [-0.4, -0.2) is 17.9 Å². The van der Waals surface area contributed by atoms with Crippen molar-refractivity contribution in [2.24, 2.45) is 5.11 Å². The van der Waals surface area contributed by atoms with Crippen molar-refractivity contribution in [3.05, 3.63) is 69.7 Å². The molecule has 1 heterocycles. The number of rotatable bonds is 4. The van der Waals surface area contributed by atoms with E-state index < -0.39 is 0 Å². The number of azide groups is 1. The summed E-state index contributed by atoms with van der Waals surface area (Å²) in [6, 6.07) is 12.6. The Balaban J connectivity index is 2.25. The Kier molecular flexibility index (Phi) is 4.53.